The predicted molar refractivity (Wildman–Crippen MR) is 83.9 cm³/mol. The molecule has 7 heteroatoms. The number of hydrogen-bond donors (Lipinski definition) is 3. The van der Waals surface area contributed by atoms with Crippen LogP contribution in [0.5, 0.6) is 0 Å². The molecule has 3 N–H and O–H groups in total. The van der Waals surface area contributed by atoms with Gasteiger partial charge in [-0.1, -0.05) is 6.42 Å². The van der Waals surface area contributed by atoms with Crippen LogP contribution in [0.2, 0.25) is 0 Å². The highest BCUT2D eigenvalue weighted by Crippen LogP contribution is 2.15. The first-order valence-electron chi connectivity index (χ1n) is 7.62. The number of aromatic nitrogens is 2. The molecule has 0 bridgehead atoms. The van der Waals surface area contributed by atoms with Crippen LogP contribution in [0.4, 0.5) is 0 Å². The van der Waals surface area contributed by atoms with Crippen molar-refractivity contribution in [3.63, 3.8) is 0 Å². The average molecular weight is 314 g/mol. The van der Waals surface area contributed by atoms with Crippen LogP contribution in [-0.4, -0.2) is 53.7 Å². The topological polar surface area (TPSA) is 73.0 Å². The first-order chi connectivity index (χ1) is 9.84. The van der Waals surface area contributed by atoms with Crippen molar-refractivity contribution in [3.8, 4) is 0 Å². The molecule has 1 aromatic rings. The molecule has 2 aliphatic heterocycles. The number of aromatic amines is 1. The molecule has 0 saturated carbocycles. The standard InChI is InChI=1S/C14H23N5O.ClH/c20-14(16-6-9-19-7-2-1-3-8-19)13-11-10-15-5-4-12(11)17-18-13;/h15H,1-10H2,(H,16,20)(H,17,18);1H. The Balaban J connectivity index is 0.00000161. The van der Waals surface area contributed by atoms with E-state index in [1.54, 1.807) is 0 Å². The molecule has 1 fully saturated rings. The molecule has 3 rings (SSSR count). The molecular weight excluding hydrogens is 290 g/mol. The normalized spacial score (nSPS) is 18.7. The summed E-state index contributed by atoms with van der Waals surface area (Å²) in [7, 11) is 0. The highest BCUT2D eigenvalue weighted by atomic mass is 35.5. The van der Waals surface area contributed by atoms with Crippen LogP contribution in [0.25, 0.3) is 0 Å². The fourth-order valence-electron chi connectivity index (χ4n) is 3.01. The van der Waals surface area contributed by atoms with Gasteiger partial charge in [0.15, 0.2) is 5.69 Å². The maximum absolute atomic E-state index is 12.2. The molecule has 0 atom stereocenters. The van der Waals surface area contributed by atoms with Crippen molar-refractivity contribution in [3.05, 3.63) is 17.0 Å². The highest BCUT2D eigenvalue weighted by molar-refractivity contribution is 5.94. The van der Waals surface area contributed by atoms with Crippen LogP contribution in [0, 0.1) is 0 Å². The second kappa shape index (κ2) is 7.77. The van der Waals surface area contributed by atoms with Crippen LogP contribution < -0.4 is 10.6 Å². The SMILES string of the molecule is Cl.O=C(NCCN1CCCCC1)c1n[nH]c2c1CNCC2. The van der Waals surface area contributed by atoms with Crippen molar-refractivity contribution in [2.24, 2.45) is 0 Å². The molecule has 0 spiro atoms. The van der Waals surface area contributed by atoms with Crippen LogP contribution in [0.1, 0.15) is 41.0 Å². The van der Waals surface area contributed by atoms with Gasteiger partial charge >= 0.3 is 0 Å². The molecule has 1 amide bonds. The highest BCUT2D eigenvalue weighted by Gasteiger charge is 2.21. The lowest BCUT2D eigenvalue weighted by Gasteiger charge is -2.26. The molecule has 21 heavy (non-hydrogen) atoms. The first kappa shape index (κ1) is 16.3. The number of hydrogen-bond acceptors (Lipinski definition) is 4. The number of fused-ring (bicyclic) bond motifs is 1. The van der Waals surface area contributed by atoms with E-state index in [-0.39, 0.29) is 18.3 Å². The number of likely N-dealkylation sites (tertiary alicyclic amines) is 1. The van der Waals surface area contributed by atoms with Gasteiger partial charge in [0.1, 0.15) is 0 Å². The minimum absolute atomic E-state index is 0. The van der Waals surface area contributed by atoms with E-state index >= 15 is 0 Å². The van der Waals surface area contributed by atoms with Gasteiger partial charge in [-0.3, -0.25) is 9.89 Å². The minimum Gasteiger partial charge on any atom is -0.349 e. The molecule has 0 aromatic carbocycles. The number of piperidine rings is 1. The summed E-state index contributed by atoms with van der Waals surface area (Å²) in [4.78, 5) is 14.6. The van der Waals surface area contributed by atoms with Crippen molar-refractivity contribution in [1.82, 2.24) is 25.7 Å². The van der Waals surface area contributed by atoms with Crippen LogP contribution in [0.3, 0.4) is 0 Å². The molecular formula is C14H24ClN5O. The van der Waals surface area contributed by atoms with Gasteiger partial charge in [0.2, 0.25) is 0 Å². The van der Waals surface area contributed by atoms with Crippen molar-refractivity contribution in [2.45, 2.75) is 32.2 Å². The van der Waals surface area contributed by atoms with Gasteiger partial charge in [0.05, 0.1) is 0 Å². The van der Waals surface area contributed by atoms with Crippen LogP contribution in [0.15, 0.2) is 0 Å². The summed E-state index contributed by atoms with van der Waals surface area (Å²) >= 11 is 0. The summed E-state index contributed by atoms with van der Waals surface area (Å²) in [6.07, 6.45) is 4.83. The molecule has 118 valence electrons. The van der Waals surface area contributed by atoms with Gasteiger partial charge in [-0.05, 0) is 25.9 Å². The Morgan fingerprint density at radius 2 is 2.10 bits per heavy atom. The molecule has 0 unspecified atom stereocenters. The zero-order valence-electron chi connectivity index (χ0n) is 12.3. The second-order valence-electron chi connectivity index (χ2n) is 5.61. The number of halogens is 1. The summed E-state index contributed by atoms with van der Waals surface area (Å²) in [6, 6.07) is 0. The molecule has 1 aromatic heterocycles. The fraction of sp³-hybridized carbons (Fsp3) is 0.714. The van der Waals surface area contributed by atoms with E-state index in [4.69, 9.17) is 0 Å². The Labute approximate surface area is 131 Å². The smallest absolute Gasteiger partial charge is 0.272 e. The van der Waals surface area contributed by atoms with E-state index in [9.17, 15) is 4.79 Å². The third kappa shape index (κ3) is 3.96. The second-order valence-corrected chi connectivity index (χ2v) is 5.61. The van der Waals surface area contributed by atoms with Crippen molar-refractivity contribution in [1.29, 1.82) is 0 Å². The summed E-state index contributed by atoms with van der Waals surface area (Å²) < 4.78 is 0. The lowest BCUT2D eigenvalue weighted by atomic mass is 10.1. The van der Waals surface area contributed by atoms with Gasteiger partial charge in [-0.2, -0.15) is 5.10 Å². The third-order valence-corrected chi connectivity index (χ3v) is 4.18. The van der Waals surface area contributed by atoms with E-state index < -0.39 is 0 Å². The maximum Gasteiger partial charge on any atom is 0.272 e. The zero-order valence-corrected chi connectivity index (χ0v) is 13.1. The number of rotatable bonds is 4. The molecule has 0 aliphatic carbocycles. The summed E-state index contributed by atoms with van der Waals surface area (Å²) in [5, 5.41) is 13.4. The minimum atomic E-state index is -0.0526. The van der Waals surface area contributed by atoms with Gasteiger partial charge in [0.25, 0.3) is 5.91 Å². The van der Waals surface area contributed by atoms with Gasteiger partial charge in [0, 0.05) is 43.9 Å². The summed E-state index contributed by atoms with van der Waals surface area (Å²) in [5.74, 6) is -0.0526. The van der Waals surface area contributed by atoms with Gasteiger partial charge in [-0.25, -0.2) is 0 Å². The molecule has 1 saturated heterocycles. The van der Waals surface area contributed by atoms with Crippen LogP contribution in [-0.2, 0) is 13.0 Å². The third-order valence-electron chi connectivity index (χ3n) is 4.18. The Bertz CT molecular complexity index is 470. The van der Waals surface area contributed by atoms with E-state index in [1.165, 1.54) is 19.3 Å². The summed E-state index contributed by atoms with van der Waals surface area (Å²) in [6.45, 7) is 5.66. The molecule has 0 radical (unpaired) electrons. The van der Waals surface area contributed by atoms with E-state index in [1.807, 2.05) is 0 Å². The van der Waals surface area contributed by atoms with Gasteiger partial charge < -0.3 is 15.5 Å². The first-order valence-corrected chi connectivity index (χ1v) is 7.62. The Kier molecular flexibility index (Phi) is 6.02. The quantitative estimate of drug-likeness (QED) is 0.765. The zero-order chi connectivity index (χ0) is 13.8. The van der Waals surface area contributed by atoms with E-state index in [2.05, 4.69) is 25.7 Å². The summed E-state index contributed by atoms with van der Waals surface area (Å²) in [5.41, 5.74) is 2.70. The number of H-pyrrole nitrogens is 1. The lowest BCUT2D eigenvalue weighted by molar-refractivity contribution is 0.0940. The maximum atomic E-state index is 12.2. The number of nitrogens with zero attached hydrogens (tertiary/aromatic N) is 2. The molecule has 2 aliphatic rings. The molecule has 3 heterocycles. The van der Waals surface area contributed by atoms with Gasteiger partial charge in [-0.15, -0.1) is 12.4 Å². The Morgan fingerprint density at radius 3 is 2.90 bits per heavy atom. The lowest BCUT2D eigenvalue weighted by Crippen LogP contribution is -2.38. The number of nitrogens with one attached hydrogen (secondary N) is 3. The number of amides is 1. The Morgan fingerprint density at radius 1 is 1.29 bits per heavy atom. The largest absolute Gasteiger partial charge is 0.349 e. The average Bonchev–Trinajstić information content (AvgIpc) is 2.92. The fourth-order valence-corrected chi connectivity index (χ4v) is 3.01. The molecule has 6 nitrogen and oxygen atoms in total. The van der Waals surface area contributed by atoms with Crippen molar-refractivity contribution >= 4 is 18.3 Å². The van der Waals surface area contributed by atoms with E-state index in [0.717, 1.165) is 50.4 Å². The number of carbonyl (C=O) groups is 1. The van der Waals surface area contributed by atoms with Crippen molar-refractivity contribution < 1.29 is 4.79 Å². The van der Waals surface area contributed by atoms with Crippen LogP contribution >= 0.6 is 12.4 Å². The number of carbonyl (C=O) groups excluding carboxylic acids is 1. The van der Waals surface area contributed by atoms with Crippen molar-refractivity contribution in [2.75, 3.05) is 32.7 Å². The Hall–Kier alpha value is -1.11. The predicted octanol–water partition coefficient (Wildman–Crippen LogP) is 0.693. The van der Waals surface area contributed by atoms with E-state index in [0.29, 0.717) is 12.2 Å². The monoisotopic (exact) mass is 313 g/mol.